The molecule has 4 heteroatoms. The molecule has 1 saturated heterocycles. The van der Waals surface area contributed by atoms with Crippen molar-refractivity contribution in [3.63, 3.8) is 0 Å². The number of hydrogen-bond donors (Lipinski definition) is 0. The Morgan fingerprint density at radius 2 is 1.62 bits per heavy atom. The number of ether oxygens (including phenoxy) is 2. The van der Waals surface area contributed by atoms with Crippen molar-refractivity contribution in [2.75, 3.05) is 7.11 Å². The topological polar surface area (TPSA) is 36.3 Å². The second-order valence-electron chi connectivity index (χ2n) is 9.00. The minimum atomic E-state index is 0.318. The molecule has 0 amide bonds. The monoisotopic (exact) mass is 426 g/mol. The number of benzene rings is 3. The minimum absolute atomic E-state index is 0.318. The van der Waals surface area contributed by atoms with Gasteiger partial charge in [0.2, 0.25) is 0 Å². The van der Waals surface area contributed by atoms with E-state index in [9.17, 15) is 0 Å². The summed E-state index contributed by atoms with van der Waals surface area (Å²) in [6.45, 7) is 4.35. The van der Waals surface area contributed by atoms with Crippen molar-refractivity contribution in [2.24, 2.45) is 7.05 Å². The van der Waals surface area contributed by atoms with Gasteiger partial charge in [0.1, 0.15) is 5.75 Å². The molecular formula is C28H30N2O2. The Morgan fingerprint density at radius 3 is 2.28 bits per heavy atom. The summed E-state index contributed by atoms with van der Waals surface area (Å²) in [5.41, 5.74) is 5.96. The highest BCUT2D eigenvalue weighted by molar-refractivity contribution is 6.03. The minimum Gasteiger partial charge on any atom is -0.495 e. The lowest BCUT2D eigenvalue weighted by molar-refractivity contribution is -0.0380. The van der Waals surface area contributed by atoms with Gasteiger partial charge in [0.05, 0.1) is 25.5 Å². The summed E-state index contributed by atoms with van der Waals surface area (Å²) in [6.07, 6.45) is 6.76. The summed E-state index contributed by atoms with van der Waals surface area (Å²) in [6, 6.07) is 19.8. The summed E-state index contributed by atoms with van der Waals surface area (Å²) < 4.78 is 13.7. The Hall–Kier alpha value is -3.11. The standard InChI is InChI=1S/C28H30N2O2/c1-18-14-22(15-19(2)32-18)20-8-10-21(11-9-20)25-12-13-26-24(23-16-29-30(3)17-23)6-5-7-27(26)28(25)31-4/h5-13,16-19,22H,14-15H2,1-4H3/t18-,19+,22?. The third kappa shape index (κ3) is 3.80. The fourth-order valence-corrected chi connectivity index (χ4v) is 5.20. The molecule has 3 atom stereocenters. The van der Waals surface area contributed by atoms with Crippen molar-refractivity contribution >= 4 is 10.8 Å². The molecular weight excluding hydrogens is 396 g/mol. The smallest absolute Gasteiger partial charge is 0.134 e. The first-order valence-electron chi connectivity index (χ1n) is 11.4. The van der Waals surface area contributed by atoms with Crippen molar-refractivity contribution in [1.82, 2.24) is 9.78 Å². The number of nitrogens with zero attached hydrogens (tertiary/aromatic N) is 2. The molecule has 4 aromatic rings. The van der Waals surface area contributed by atoms with E-state index in [0.717, 1.165) is 35.1 Å². The number of fused-ring (bicyclic) bond motifs is 1. The van der Waals surface area contributed by atoms with Crippen LogP contribution in [-0.2, 0) is 11.8 Å². The molecule has 0 saturated carbocycles. The molecule has 164 valence electrons. The van der Waals surface area contributed by atoms with Crippen LogP contribution >= 0.6 is 0 Å². The zero-order valence-corrected chi connectivity index (χ0v) is 19.2. The fourth-order valence-electron chi connectivity index (χ4n) is 5.20. The van der Waals surface area contributed by atoms with Crippen LogP contribution in [0.2, 0.25) is 0 Å². The average Bonchev–Trinajstić information content (AvgIpc) is 3.23. The predicted octanol–water partition coefficient (Wildman–Crippen LogP) is 6.59. The molecule has 1 aliphatic heterocycles. The van der Waals surface area contributed by atoms with E-state index in [1.54, 1.807) is 7.11 Å². The van der Waals surface area contributed by atoms with Gasteiger partial charge in [-0.25, -0.2) is 0 Å². The van der Waals surface area contributed by atoms with Gasteiger partial charge < -0.3 is 9.47 Å². The van der Waals surface area contributed by atoms with Gasteiger partial charge in [-0.15, -0.1) is 0 Å². The quantitative estimate of drug-likeness (QED) is 0.369. The molecule has 1 aromatic heterocycles. The summed E-state index contributed by atoms with van der Waals surface area (Å²) in [5, 5.41) is 6.62. The van der Waals surface area contributed by atoms with Crippen molar-refractivity contribution in [3.8, 4) is 28.0 Å². The molecule has 0 aliphatic carbocycles. The van der Waals surface area contributed by atoms with Crippen molar-refractivity contribution in [3.05, 3.63) is 72.6 Å². The normalized spacial score (nSPS) is 21.1. The van der Waals surface area contributed by atoms with Gasteiger partial charge in [0, 0.05) is 29.8 Å². The van der Waals surface area contributed by atoms with E-state index in [1.807, 2.05) is 24.1 Å². The van der Waals surface area contributed by atoms with E-state index >= 15 is 0 Å². The van der Waals surface area contributed by atoms with E-state index in [0.29, 0.717) is 18.1 Å². The molecule has 0 N–H and O–H groups in total. The Balaban J connectivity index is 1.53. The van der Waals surface area contributed by atoms with E-state index < -0.39 is 0 Å². The Labute approximate surface area is 189 Å². The van der Waals surface area contributed by atoms with Gasteiger partial charge >= 0.3 is 0 Å². The van der Waals surface area contributed by atoms with Crippen LogP contribution in [0.15, 0.2) is 67.0 Å². The van der Waals surface area contributed by atoms with E-state index in [1.165, 1.54) is 22.1 Å². The number of aryl methyl sites for hydroxylation is 1. The molecule has 0 bridgehead atoms. The molecule has 4 nitrogen and oxygen atoms in total. The Bertz CT molecular complexity index is 1230. The molecule has 3 aromatic carbocycles. The number of aromatic nitrogens is 2. The second kappa shape index (κ2) is 8.44. The maximum atomic E-state index is 5.95. The van der Waals surface area contributed by atoms with Crippen LogP contribution in [0.5, 0.6) is 5.75 Å². The average molecular weight is 427 g/mol. The van der Waals surface area contributed by atoms with Gasteiger partial charge in [-0.05, 0) is 60.7 Å². The van der Waals surface area contributed by atoms with Crippen LogP contribution < -0.4 is 4.74 Å². The SMILES string of the molecule is COc1c(-c2ccc(C3C[C@@H](C)O[C@@H](C)C3)cc2)ccc2c(-c3cnn(C)c3)cccc12. The molecule has 0 radical (unpaired) electrons. The highest BCUT2D eigenvalue weighted by atomic mass is 16.5. The van der Waals surface area contributed by atoms with Gasteiger partial charge in [-0.3, -0.25) is 4.68 Å². The molecule has 0 spiro atoms. The summed E-state index contributed by atoms with van der Waals surface area (Å²) in [4.78, 5) is 0. The second-order valence-corrected chi connectivity index (χ2v) is 9.00. The van der Waals surface area contributed by atoms with Gasteiger partial charge in [0.15, 0.2) is 0 Å². The van der Waals surface area contributed by atoms with Crippen LogP contribution in [0.1, 0.15) is 38.2 Å². The van der Waals surface area contributed by atoms with E-state index in [-0.39, 0.29) is 0 Å². The lowest BCUT2D eigenvalue weighted by atomic mass is 9.85. The van der Waals surface area contributed by atoms with Gasteiger partial charge in [-0.2, -0.15) is 5.10 Å². The molecule has 32 heavy (non-hydrogen) atoms. The van der Waals surface area contributed by atoms with Crippen LogP contribution in [-0.4, -0.2) is 29.1 Å². The van der Waals surface area contributed by atoms with Crippen molar-refractivity contribution < 1.29 is 9.47 Å². The lowest BCUT2D eigenvalue weighted by Gasteiger charge is -2.32. The van der Waals surface area contributed by atoms with E-state index in [2.05, 4.69) is 73.5 Å². The maximum Gasteiger partial charge on any atom is 0.134 e. The van der Waals surface area contributed by atoms with Crippen molar-refractivity contribution in [1.29, 1.82) is 0 Å². The highest BCUT2D eigenvalue weighted by Gasteiger charge is 2.25. The first kappa shape index (κ1) is 20.8. The first-order chi connectivity index (χ1) is 15.5. The zero-order chi connectivity index (χ0) is 22.2. The van der Waals surface area contributed by atoms with Gasteiger partial charge in [-0.1, -0.05) is 48.5 Å². The predicted molar refractivity (Wildman–Crippen MR) is 130 cm³/mol. The summed E-state index contributed by atoms with van der Waals surface area (Å²) in [5.74, 6) is 1.47. The molecule has 1 aliphatic rings. The summed E-state index contributed by atoms with van der Waals surface area (Å²) >= 11 is 0. The number of hydrogen-bond acceptors (Lipinski definition) is 3. The Morgan fingerprint density at radius 1 is 0.875 bits per heavy atom. The number of rotatable bonds is 4. The fraction of sp³-hybridized carbons (Fsp3) is 0.321. The third-order valence-corrected chi connectivity index (χ3v) is 6.62. The van der Waals surface area contributed by atoms with Crippen LogP contribution in [0, 0.1) is 0 Å². The van der Waals surface area contributed by atoms with Crippen molar-refractivity contribution in [2.45, 2.75) is 44.8 Å². The zero-order valence-electron chi connectivity index (χ0n) is 19.2. The van der Waals surface area contributed by atoms with Crippen LogP contribution in [0.3, 0.4) is 0 Å². The molecule has 1 unspecified atom stereocenters. The summed E-state index contributed by atoms with van der Waals surface area (Å²) in [7, 11) is 3.70. The van der Waals surface area contributed by atoms with E-state index in [4.69, 9.17) is 9.47 Å². The maximum absolute atomic E-state index is 5.95. The lowest BCUT2D eigenvalue weighted by Crippen LogP contribution is -2.28. The van der Waals surface area contributed by atoms with Crippen LogP contribution in [0.25, 0.3) is 33.0 Å². The molecule has 2 heterocycles. The third-order valence-electron chi connectivity index (χ3n) is 6.62. The molecule has 5 rings (SSSR count). The highest BCUT2D eigenvalue weighted by Crippen LogP contribution is 2.41. The Kier molecular flexibility index (Phi) is 5.48. The largest absolute Gasteiger partial charge is 0.495 e. The first-order valence-corrected chi connectivity index (χ1v) is 11.4. The van der Waals surface area contributed by atoms with Gasteiger partial charge in [0.25, 0.3) is 0 Å². The molecule has 1 fully saturated rings. The number of methoxy groups -OCH3 is 1. The van der Waals surface area contributed by atoms with Crippen LogP contribution in [0.4, 0.5) is 0 Å².